The van der Waals surface area contributed by atoms with Gasteiger partial charge < -0.3 is 19.9 Å². The molecule has 2 aromatic carbocycles. The summed E-state index contributed by atoms with van der Waals surface area (Å²) in [6.45, 7) is 7.15. The molecule has 1 heterocycles. The molecule has 1 atom stereocenters. The second kappa shape index (κ2) is 11.4. The molecule has 0 saturated carbocycles. The number of likely N-dealkylation sites (tertiary alicyclic amines) is 1. The lowest BCUT2D eigenvalue weighted by molar-refractivity contribution is 0.0989. The normalized spacial score (nSPS) is 16.0. The molecule has 0 bridgehead atoms. The molecular formula is C25H34ClN3O2. The van der Waals surface area contributed by atoms with Gasteiger partial charge in [-0.2, -0.15) is 0 Å². The number of hydrogen-bond acceptors (Lipinski definition) is 3. The number of amides is 2. The van der Waals surface area contributed by atoms with E-state index in [1.165, 1.54) is 12.8 Å². The molecule has 2 aromatic rings. The number of urea groups is 1. The number of piperidine rings is 1. The number of nitrogens with zero attached hydrogens (tertiary/aromatic N) is 2. The zero-order valence-electron chi connectivity index (χ0n) is 18.8. The molecule has 1 aliphatic rings. The minimum absolute atomic E-state index is 0.126. The number of methoxy groups -OCH3 is 1. The first-order chi connectivity index (χ1) is 15.0. The molecule has 0 aromatic heterocycles. The molecule has 1 saturated heterocycles. The number of halogens is 1. The van der Waals surface area contributed by atoms with Crippen molar-refractivity contribution in [2.24, 2.45) is 0 Å². The number of rotatable bonds is 8. The summed E-state index contributed by atoms with van der Waals surface area (Å²) in [5.41, 5.74) is 1.69. The summed E-state index contributed by atoms with van der Waals surface area (Å²) in [4.78, 5) is 17.9. The molecule has 1 unspecified atom stereocenters. The Morgan fingerprint density at radius 3 is 2.58 bits per heavy atom. The highest BCUT2D eigenvalue weighted by Gasteiger charge is 2.30. The van der Waals surface area contributed by atoms with Gasteiger partial charge in [-0.25, -0.2) is 4.79 Å². The van der Waals surface area contributed by atoms with Crippen LogP contribution in [-0.2, 0) is 6.54 Å². The van der Waals surface area contributed by atoms with Crippen LogP contribution in [0.3, 0.4) is 0 Å². The Labute approximate surface area is 191 Å². The van der Waals surface area contributed by atoms with Crippen LogP contribution in [-0.4, -0.2) is 48.1 Å². The zero-order chi connectivity index (χ0) is 22.2. The number of hydrogen-bond donors (Lipinski definition) is 1. The Kier molecular flexibility index (Phi) is 8.61. The Morgan fingerprint density at radius 2 is 1.94 bits per heavy atom. The molecule has 168 valence electrons. The summed E-state index contributed by atoms with van der Waals surface area (Å²) in [5.74, 6) is 0.660. The fraction of sp³-hybridized carbons (Fsp3) is 0.480. The predicted molar refractivity (Wildman–Crippen MR) is 128 cm³/mol. The molecule has 31 heavy (non-hydrogen) atoms. The smallest absolute Gasteiger partial charge is 0.322 e. The highest BCUT2D eigenvalue weighted by atomic mass is 35.5. The Morgan fingerprint density at radius 1 is 1.23 bits per heavy atom. The maximum Gasteiger partial charge on any atom is 0.322 e. The standard InChI is InChI=1S/C25H34ClN3O2/c1-4-8-19(2)28-15-13-21(14-16-28)29(18-20-9-6-5-7-10-20)25(30)27-24-17-22(31-3)11-12-23(24)26/h5-7,9-12,17,19,21H,4,8,13-16,18H2,1-3H3,(H,27,30). The molecule has 2 amide bonds. The maximum atomic E-state index is 13.4. The quantitative estimate of drug-likeness (QED) is 0.541. The van der Waals surface area contributed by atoms with E-state index in [1.54, 1.807) is 25.3 Å². The summed E-state index contributed by atoms with van der Waals surface area (Å²) in [6, 6.07) is 16.1. The Hall–Kier alpha value is -2.24. The van der Waals surface area contributed by atoms with Gasteiger partial charge in [-0.3, -0.25) is 0 Å². The molecule has 5 nitrogen and oxygen atoms in total. The number of carbonyl (C=O) groups excluding carboxylic acids is 1. The topological polar surface area (TPSA) is 44.8 Å². The van der Waals surface area contributed by atoms with Crippen molar-refractivity contribution < 1.29 is 9.53 Å². The third-order valence-corrected chi connectivity index (χ3v) is 6.47. The van der Waals surface area contributed by atoms with E-state index < -0.39 is 0 Å². The largest absolute Gasteiger partial charge is 0.497 e. The Bertz CT molecular complexity index is 838. The maximum absolute atomic E-state index is 13.4. The number of ether oxygens (including phenoxy) is 1. The summed E-state index contributed by atoms with van der Waals surface area (Å²) < 4.78 is 5.29. The molecule has 3 rings (SSSR count). The number of carbonyl (C=O) groups is 1. The van der Waals surface area contributed by atoms with E-state index in [0.717, 1.165) is 31.5 Å². The van der Waals surface area contributed by atoms with Gasteiger partial charge in [-0.1, -0.05) is 55.3 Å². The van der Waals surface area contributed by atoms with Crippen molar-refractivity contribution in [3.8, 4) is 5.75 Å². The predicted octanol–water partition coefficient (Wildman–Crippen LogP) is 6.04. The van der Waals surface area contributed by atoms with Crippen LogP contribution in [0.5, 0.6) is 5.75 Å². The highest BCUT2D eigenvalue weighted by molar-refractivity contribution is 6.33. The van der Waals surface area contributed by atoms with Crippen molar-refractivity contribution in [3.63, 3.8) is 0 Å². The van der Waals surface area contributed by atoms with Crippen LogP contribution in [0.1, 0.15) is 45.1 Å². The molecular weight excluding hydrogens is 410 g/mol. The van der Waals surface area contributed by atoms with Gasteiger partial charge in [0.15, 0.2) is 0 Å². The van der Waals surface area contributed by atoms with Crippen molar-refractivity contribution in [3.05, 3.63) is 59.1 Å². The van der Waals surface area contributed by atoms with Gasteiger partial charge in [-0.15, -0.1) is 0 Å². The van der Waals surface area contributed by atoms with Crippen LogP contribution in [0.4, 0.5) is 10.5 Å². The van der Waals surface area contributed by atoms with Crippen LogP contribution < -0.4 is 10.1 Å². The van der Waals surface area contributed by atoms with Gasteiger partial charge in [0.2, 0.25) is 0 Å². The number of nitrogens with one attached hydrogen (secondary N) is 1. The van der Waals surface area contributed by atoms with E-state index in [0.29, 0.717) is 29.0 Å². The fourth-order valence-electron chi connectivity index (χ4n) is 4.30. The van der Waals surface area contributed by atoms with Crippen molar-refractivity contribution in [2.45, 2.75) is 58.2 Å². The summed E-state index contributed by atoms with van der Waals surface area (Å²) >= 11 is 6.34. The van der Waals surface area contributed by atoms with Gasteiger partial charge in [0, 0.05) is 37.8 Å². The van der Waals surface area contributed by atoms with E-state index in [1.807, 2.05) is 23.1 Å². The molecule has 0 radical (unpaired) electrons. The van der Waals surface area contributed by atoms with Gasteiger partial charge in [0.05, 0.1) is 17.8 Å². The summed E-state index contributed by atoms with van der Waals surface area (Å²) in [7, 11) is 1.60. The monoisotopic (exact) mass is 443 g/mol. The van der Waals surface area contributed by atoms with Crippen molar-refractivity contribution in [2.75, 3.05) is 25.5 Å². The lowest BCUT2D eigenvalue weighted by atomic mass is 10.00. The van der Waals surface area contributed by atoms with E-state index in [-0.39, 0.29) is 12.1 Å². The lowest BCUT2D eigenvalue weighted by Gasteiger charge is -2.40. The minimum Gasteiger partial charge on any atom is -0.497 e. The molecule has 1 N–H and O–H groups in total. The van der Waals surface area contributed by atoms with Crippen LogP contribution in [0, 0.1) is 0 Å². The first-order valence-electron chi connectivity index (χ1n) is 11.2. The number of anilines is 1. The third-order valence-electron chi connectivity index (χ3n) is 6.14. The van der Waals surface area contributed by atoms with E-state index in [9.17, 15) is 4.79 Å². The number of benzene rings is 2. The van der Waals surface area contributed by atoms with E-state index in [2.05, 4.69) is 36.2 Å². The van der Waals surface area contributed by atoms with E-state index in [4.69, 9.17) is 16.3 Å². The summed E-state index contributed by atoms with van der Waals surface area (Å²) in [5, 5.41) is 3.52. The SMILES string of the molecule is CCCC(C)N1CCC(N(Cc2ccccc2)C(=O)Nc2cc(OC)ccc2Cl)CC1. The first kappa shape index (κ1) is 23.4. The average Bonchev–Trinajstić information content (AvgIpc) is 2.80. The van der Waals surface area contributed by atoms with Crippen LogP contribution in [0.25, 0.3) is 0 Å². The van der Waals surface area contributed by atoms with Gasteiger partial charge in [-0.05, 0) is 43.9 Å². The van der Waals surface area contributed by atoms with Gasteiger partial charge in [0.25, 0.3) is 0 Å². The molecule has 1 fully saturated rings. The first-order valence-corrected chi connectivity index (χ1v) is 11.6. The lowest BCUT2D eigenvalue weighted by Crippen LogP contribution is -2.50. The van der Waals surface area contributed by atoms with Crippen LogP contribution >= 0.6 is 11.6 Å². The minimum atomic E-state index is -0.126. The Balaban J connectivity index is 1.75. The van der Waals surface area contributed by atoms with Crippen molar-refractivity contribution in [1.82, 2.24) is 9.80 Å². The van der Waals surface area contributed by atoms with E-state index >= 15 is 0 Å². The third kappa shape index (κ3) is 6.37. The van der Waals surface area contributed by atoms with Crippen LogP contribution in [0.15, 0.2) is 48.5 Å². The highest BCUT2D eigenvalue weighted by Crippen LogP contribution is 2.28. The summed E-state index contributed by atoms with van der Waals surface area (Å²) in [6.07, 6.45) is 4.36. The molecule has 0 spiro atoms. The van der Waals surface area contributed by atoms with Crippen LogP contribution in [0.2, 0.25) is 5.02 Å². The molecule has 6 heteroatoms. The molecule has 1 aliphatic heterocycles. The fourth-order valence-corrected chi connectivity index (χ4v) is 4.46. The second-order valence-corrected chi connectivity index (χ2v) is 8.70. The zero-order valence-corrected chi connectivity index (χ0v) is 19.6. The second-order valence-electron chi connectivity index (χ2n) is 8.29. The average molecular weight is 444 g/mol. The van der Waals surface area contributed by atoms with Crippen molar-refractivity contribution in [1.29, 1.82) is 0 Å². The molecule has 0 aliphatic carbocycles. The van der Waals surface area contributed by atoms with Gasteiger partial charge >= 0.3 is 6.03 Å². The van der Waals surface area contributed by atoms with Crippen molar-refractivity contribution >= 4 is 23.3 Å². The van der Waals surface area contributed by atoms with Gasteiger partial charge in [0.1, 0.15) is 5.75 Å².